The Morgan fingerprint density at radius 2 is 2.03 bits per heavy atom. The number of ether oxygens (including phenoxy) is 1. The van der Waals surface area contributed by atoms with Gasteiger partial charge in [0.25, 0.3) is 0 Å². The number of carboxylic acids is 1. The Labute approximate surface area is 188 Å². The van der Waals surface area contributed by atoms with Crippen molar-refractivity contribution in [3.05, 3.63) is 50.4 Å². The number of fused-ring (bicyclic) bond motifs is 2. The first-order chi connectivity index (χ1) is 15.3. The van der Waals surface area contributed by atoms with Gasteiger partial charge in [0.15, 0.2) is 5.75 Å². The molecule has 0 aliphatic heterocycles. The predicted molar refractivity (Wildman–Crippen MR) is 123 cm³/mol. The molecule has 0 amide bonds. The van der Waals surface area contributed by atoms with E-state index in [4.69, 9.17) is 4.74 Å². The van der Waals surface area contributed by atoms with Crippen molar-refractivity contribution in [2.24, 2.45) is 0 Å². The summed E-state index contributed by atoms with van der Waals surface area (Å²) in [6.45, 7) is 0. The normalized spacial score (nSPS) is 18.2. The Kier molecular flexibility index (Phi) is 5.09. The van der Waals surface area contributed by atoms with Gasteiger partial charge >= 0.3 is 5.97 Å². The number of aryl methyl sites for hydroxylation is 1. The molecule has 32 heavy (non-hydrogen) atoms. The van der Waals surface area contributed by atoms with Crippen LogP contribution < -0.4 is 10.2 Å². The van der Waals surface area contributed by atoms with Crippen molar-refractivity contribution in [2.45, 2.75) is 44.2 Å². The van der Waals surface area contributed by atoms with Gasteiger partial charge in [-0.05, 0) is 63.9 Å². The molecule has 5 rings (SSSR count). The van der Waals surface area contributed by atoms with Crippen molar-refractivity contribution in [2.75, 3.05) is 21.2 Å². The predicted octanol–water partition coefficient (Wildman–Crippen LogP) is 4.85. The van der Waals surface area contributed by atoms with Crippen LogP contribution >= 0.6 is 11.3 Å². The number of rotatable bonds is 5. The summed E-state index contributed by atoms with van der Waals surface area (Å²) in [4.78, 5) is 28.8. The maximum absolute atomic E-state index is 15.6. The molecule has 2 aliphatic rings. The number of aromatic carboxylic acids is 1. The third kappa shape index (κ3) is 3.24. The van der Waals surface area contributed by atoms with Crippen molar-refractivity contribution in [1.82, 2.24) is 9.47 Å². The van der Waals surface area contributed by atoms with Crippen molar-refractivity contribution < 1.29 is 19.0 Å². The lowest BCUT2D eigenvalue weighted by atomic mass is 9.92. The molecule has 1 atom stereocenters. The van der Waals surface area contributed by atoms with Gasteiger partial charge in [-0.1, -0.05) is 0 Å². The number of carbonyl (C=O) groups is 1. The van der Waals surface area contributed by atoms with Gasteiger partial charge in [-0.3, -0.25) is 4.79 Å². The molecule has 1 unspecified atom stereocenters. The van der Waals surface area contributed by atoms with E-state index in [1.54, 1.807) is 15.9 Å². The van der Waals surface area contributed by atoms with Crippen molar-refractivity contribution >= 4 is 28.2 Å². The molecule has 1 N–H and O–H groups in total. The molecule has 1 aromatic carbocycles. The third-order valence-electron chi connectivity index (χ3n) is 6.55. The molecule has 0 radical (unpaired) electrons. The minimum Gasteiger partial charge on any atom is -0.494 e. The highest BCUT2D eigenvalue weighted by atomic mass is 32.1. The molecular weight excluding hydrogens is 431 g/mol. The fraction of sp³-hybridized carbons (Fsp3) is 0.417. The zero-order valence-electron chi connectivity index (χ0n) is 18.3. The Hall–Kier alpha value is -2.71. The molecule has 0 spiro atoms. The van der Waals surface area contributed by atoms with E-state index < -0.39 is 17.2 Å². The molecule has 168 valence electrons. The van der Waals surface area contributed by atoms with E-state index in [1.165, 1.54) is 29.8 Å². The fourth-order valence-corrected chi connectivity index (χ4v) is 6.17. The van der Waals surface area contributed by atoms with Crippen LogP contribution in [0.25, 0.3) is 21.3 Å². The summed E-state index contributed by atoms with van der Waals surface area (Å²) in [5.74, 6) is -1.59. The quantitative estimate of drug-likeness (QED) is 0.594. The zero-order valence-corrected chi connectivity index (χ0v) is 19.1. The minimum absolute atomic E-state index is 0.0439. The smallest absolute Gasteiger partial charge is 0.341 e. The van der Waals surface area contributed by atoms with E-state index in [0.29, 0.717) is 22.9 Å². The number of benzene rings is 1. The molecular formula is C24H25FN2O4S. The average Bonchev–Trinajstić information content (AvgIpc) is 3.50. The van der Waals surface area contributed by atoms with Gasteiger partial charge in [0, 0.05) is 28.0 Å². The maximum Gasteiger partial charge on any atom is 0.341 e. The van der Waals surface area contributed by atoms with Gasteiger partial charge in [0.1, 0.15) is 11.4 Å². The van der Waals surface area contributed by atoms with Gasteiger partial charge in [-0.25, -0.2) is 9.18 Å². The number of pyridine rings is 1. The molecule has 2 heterocycles. The second-order valence-corrected chi connectivity index (χ2v) is 9.98. The van der Waals surface area contributed by atoms with Crippen LogP contribution in [0.2, 0.25) is 0 Å². The number of methoxy groups -OCH3 is 1. The number of halogens is 1. The molecule has 6 nitrogen and oxygen atoms in total. The lowest BCUT2D eigenvalue weighted by molar-refractivity contribution is 0.0695. The van der Waals surface area contributed by atoms with Gasteiger partial charge < -0.3 is 19.3 Å². The number of thiophene rings is 1. The lowest BCUT2D eigenvalue weighted by Gasteiger charge is -2.28. The molecule has 3 aromatic rings. The molecule has 0 bridgehead atoms. The van der Waals surface area contributed by atoms with E-state index in [0.717, 1.165) is 37.0 Å². The van der Waals surface area contributed by atoms with Crippen LogP contribution in [0.15, 0.2) is 23.1 Å². The maximum atomic E-state index is 15.6. The second-order valence-electron chi connectivity index (χ2n) is 8.84. The molecule has 0 saturated heterocycles. The van der Waals surface area contributed by atoms with E-state index in [9.17, 15) is 14.7 Å². The Morgan fingerprint density at radius 3 is 2.66 bits per heavy atom. The Bertz CT molecular complexity index is 1310. The standard InChI is InChI=1S/C24H25FN2O4S/c1-26(2)17-5-4-6-18-13(17)10-19(32-18)20-16(25)9-14-21(23(20)31-3)27(12-7-8-12)11-15(22(14)28)24(29)30/h9-12,17H,4-8H2,1-3H3,(H,29,30). The molecule has 1 saturated carbocycles. The number of hydrogen-bond acceptors (Lipinski definition) is 5. The van der Waals surface area contributed by atoms with Crippen molar-refractivity contribution in [3.63, 3.8) is 0 Å². The van der Waals surface area contributed by atoms with Crippen LogP contribution in [0.5, 0.6) is 5.75 Å². The summed E-state index contributed by atoms with van der Waals surface area (Å²) in [6, 6.07) is 3.62. The summed E-state index contributed by atoms with van der Waals surface area (Å²) in [7, 11) is 5.59. The third-order valence-corrected chi connectivity index (χ3v) is 7.78. The highest BCUT2D eigenvalue weighted by Crippen LogP contribution is 2.48. The summed E-state index contributed by atoms with van der Waals surface area (Å²) in [5.41, 5.74) is 1.000. The van der Waals surface area contributed by atoms with Gasteiger partial charge in [-0.15, -0.1) is 11.3 Å². The topological polar surface area (TPSA) is 71.8 Å². The Balaban J connectivity index is 1.80. The monoisotopic (exact) mass is 456 g/mol. The van der Waals surface area contributed by atoms with E-state index >= 15 is 4.39 Å². The minimum atomic E-state index is -1.31. The highest BCUT2D eigenvalue weighted by molar-refractivity contribution is 7.15. The van der Waals surface area contributed by atoms with Crippen LogP contribution in [0.3, 0.4) is 0 Å². The summed E-state index contributed by atoms with van der Waals surface area (Å²) in [5, 5.41) is 9.55. The van der Waals surface area contributed by atoms with E-state index in [1.807, 2.05) is 0 Å². The van der Waals surface area contributed by atoms with Crippen LogP contribution in [-0.4, -0.2) is 41.7 Å². The first kappa shape index (κ1) is 21.2. The summed E-state index contributed by atoms with van der Waals surface area (Å²) < 4.78 is 23.1. The number of aromatic nitrogens is 1. The number of carboxylic acid groups (broad SMARTS) is 1. The number of hydrogen-bond donors (Lipinski definition) is 1. The molecule has 2 aromatic heterocycles. The molecule has 1 fully saturated rings. The van der Waals surface area contributed by atoms with Crippen molar-refractivity contribution in [1.29, 1.82) is 0 Å². The Morgan fingerprint density at radius 1 is 1.28 bits per heavy atom. The molecule has 8 heteroatoms. The van der Waals surface area contributed by atoms with Crippen LogP contribution in [0.4, 0.5) is 4.39 Å². The van der Waals surface area contributed by atoms with E-state index in [2.05, 4.69) is 25.1 Å². The van der Waals surface area contributed by atoms with Crippen LogP contribution in [0.1, 0.15) is 58.6 Å². The van der Waals surface area contributed by atoms with Gasteiger partial charge in [-0.2, -0.15) is 0 Å². The average molecular weight is 457 g/mol. The zero-order chi connectivity index (χ0) is 22.7. The van der Waals surface area contributed by atoms with E-state index in [-0.39, 0.29) is 17.0 Å². The second kappa shape index (κ2) is 7.71. The van der Waals surface area contributed by atoms with Crippen LogP contribution in [-0.2, 0) is 6.42 Å². The lowest BCUT2D eigenvalue weighted by Crippen LogP contribution is -2.22. The molecule has 2 aliphatic carbocycles. The summed E-state index contributed by atoms with van der Waals surface area (Å²) in [6.07, 6.45) is 6.27. The SMILES string of the molecule is COc1c(-c2cc3c(s2)CCCC3N(C)C)c(F)cc2c(=O)c(C(=O)O)cn(C3CC3)c12. The fourth-order valence-electron chi connectivity index (χ4n) is 4.87. The first-order valence-electron chi connectivity index (χ1n) is 10.8. The van der Waals surface area contributed by atoms with Crippen molar-refractivity contribution in [3.8, 4) is 16.2 Å². The van der Waals surface area contributed by atoms with Gasteiger partial charge in [0.2, 0.25) is 5.43 Å². The first-order valence-corrected chi connectivity index (χ1v) is 11.6. The number of nitrogens with zero attached hydrogens (tertiary/aromatic N) is 2. The highest BCUT2D eigenvalue weighted by Gasteiger charge is 2.32. The summed E-state index contributed by atoms with van der Waals surface area (Å²) >= 11 is 1.58. The largest absolute Gasteiger partial charge is 0.494 e. The van der Waals surface area contributed by atoms with Crippen LogP contribution in [0, 0.1) is 5.82 Å². The van der Waals surface area contributed by atoms with Gasteiger partial charge in [0.05, 0.1) is 23.6 Å².